The standard InChI is InChI=1S/C24H32N6O/c1-4-25-24(28-15-14-26-23(31)20-10-7-9-18(2)17-20)27-13-8-16-30-19(3)29-21-11-5-6-12-22(21)30/h5-7,9-12,17H,4,8,13-16H2,1-3H3,(H,26,31)(H2,25,27,28). The fraction of sp³-hybridized carbons (Fsp3) is 0.375. The number of para-hydroxylation sites is 2. The Morgan fingerprint density at radius 3 is 2.65 bits per heavy atom. The van der Waals surface area contributed by atoms with Crippen LogP contribution in [0.2, 0.25) is 0 Å². The van der Waals surface area contributed by atoms with Crippen LogP contribution in [0.4, 0.5) is 0 Å². The Labute approximate surface area is 184 Å². The van der Waals surface area contributed by atoms with Gasteiger partial charge in [-0.15, -0.1) is 0 Å². The van der Waals surface area contributed by atoms with Gasteiger partial charge in [0.15, 0.2) is 5.96 Å². The van der Waals surface area contributed by atoms with Crippen molar-refractivity contribution in [3.63, 3.8) is 0 Å². The summed E-state index contributed by atoms with van der Waals surface area (Å²) < 4.78 is 2.24. The van der Waals surface area contributed by atoms with Gasteiger partial charge in [0, 0.05) is 38.3 Å². The summed E-state index contributed by atoms with van der Waals surface area (Å²) in [5.74, 6) is 1.73. The Bertz CT molecular complexity index is 1040. The summed E-state index contributed by atoms with van der Waals surface area (Å²) in [6, 6.07) is 15.8. The molecule has 0 spiro atoms. The molecular formula is C24H32N6O. The minimum Gasteiger partial charge on any atom is -0.357 e. The van der Waals surface area contributed by atoms with E-state index in [1.165, 1.54) is 5.52 Å². The van der Waals surface area contributed by atoms with Gasteiger partial charge in [-0.2, -0.15) is 0 Å². The summed E-state index contributed by atoms with van der Waals surface area (Å²) in [7, 11) is 0. The van der Waals surface area contributed by atoms with Gasteiger partial charge in [0.1, 0.15) is 5.82 Å². The zero-order valence-corrected chi connectivity index (χ0v) is 18.6. The molecule has 0 unspecified atom stereocenters. The third kappa shape index (κ3) is 6.31. The van der Waals surface area contributed by atoms with Gasteiger partial charge in [0.25, 0.3) is 5.91 Å². The molecule has 0 atom stereocenters. The molecule has 0 aliphatic rings. The number of nitrogens with one attached hydrogen (secondary N) is 3. The number of guanidine groups is 1. The molecule has 0 saturated carbocycles. The number of carbonyl (C=O) groups excluding carboxylic acids is 1. The molecule has 7 nitrogen and oxygen atoms in total. The van der Waals surface area contributed by atoms with Crippen LogP contribution in [0.5, 0.6) is 0 Å². The van der Waals surface area contributed by atoms with Crippen LogP contribution in [0.1, 0.15) is 35.1 Å². The maximum absolute atomic E-state index is 12.2. The molecule has 0 aliphatic carbocycles. The molecule has 0 fully saturated rings. The van der Waals surface area contributed by atoms with E-state index >= 15 is 0 Å². The van der Waals surface area contributed by atoms with E-state index in [1.54, 1.807) is 0 Å². The second-order valence-corrected chi connectivity index (χ2v) is 7.47. The number of amides is 1. The number of fused-ring (bicyclic) bond motifs is 1. The van der Waals surface area contributed by atoms with Crippen molar-refractivity contribution in [3.05, 3.63) is 65.5 Å². The Morgan fingerprint density at radius 1 is 1.03 bits per heavy atom. The van der Waals surface area contributed by atoms with E-state index < -0.39 is 0 Å². The molecule has 3 rings (SSSR count). The number of hydrogen-bond acceptors (Lipinski definition) is 3. The van der Waals surface area contributed by atoms with Crippen molar-refractivity contribution < 1.29 is 4.79 Å². The second kappa shape index (κ2) is 11.2. The molecule has 0 aliphatic heterocycles. The average Bonchev–Trinajstić information content (AvgIpc) is 3.09. The first-order valence-electron chi connectivity index (χ1n) is 10.9. The zero-order chi connectivity index (χ0) is 22.1. The topological polar surface area (TPSA) is 83.3 Å². The summed E-state index contributed by atoms with van der Waals surface area (Å²) in [6.07, 6.45) is 0.919. The van der Waals surface area contributed by atoms with Crippen LogP contribution in [-0.4, -0.2) is 47.6 Å². The molecule has 0 saturated heterocycles. The lowest BCUT2D eigenvalue weighted by atomic mass is 10.1. The van der Waals surface area contributed by atoms with Crippen molar-refractivity contribution in [2.75, 3.05) is 26.2 Å². The van der Waals surface area contributed by atoms with Gasteiger partial charge in [-0.1, -0.05) is 29.8 Å². The summed E-state index contributed by atoms with van der Waals surface area (Å²) in [5, 5.41) is 9.47. The fourth-order valence-corrected chi connectivity index (χ4v) is 3.48. The molecule has 164 valence electrons. The third-order valence-electron chi connectivity index (χ3n) is 4.98. The number of nitrogens with zero attached hydrogens (tertiary/aromatic N) is 3. The van der Waals surface area contributed by atoms with Gasteiger partial charge < -0.3 is 20.5 Å². The van der Waals surface area contributed by atoms with Crippen LogP contribution in [-0.2, 0) is 6.54 Å². The first-order chi connectivity index (χ1) is 15.1. The third-order valence-corrected chi connectivity index (χ3v) is 4.98. The quantitative estimate of drug-likeness (QED) is 0.282. The predicted octanol–water partition coefficient (Wildman–Crippen LogP) is 3.03. The van der Waals surface area contributed by atoms with E-state index in [4.69, 9.17) is 0 Å². The van der Waals surface area contributed by atoms with Crippen LogP contribution in [0.25, 0.3) is 11.0 Å². The van der Waals surface area contributed by atoms with E-state index in [0.717, 1.165) is 42.4 Å². The van der Waals surface area contributed by atoms with Crippen LogP contribution >= 0.6 is 0 Å². The van der Waals surface area contributed by atoms with E-state index in [1.807, 2.05) is 63.2 Å². The van der Waals surface area contributed by atoms with E-state index in [0.29, 0.717) is 25.2 Å². The van der Waals surface area contributed by atoms with Gasteiger partial charge in [-0.3, -0.25) is 9.79 Å². The number of benzene rings is 2. The second-order valence-electron chi connectivity index (χ2n) is 7.47. The minimum absolute atomic E-state index is 0.0598. The highest BCUT2D eigenvalue weighted by Crippen LogP contribution is 2.15. The maximum Gasteiger partial charge on any atom is 0.251 e. The largest absolute Gasteiger partial charge is 0.357 e. The van der Waals surface area contributed by atoms with Crippen LogP contribution in [0, 0.1) is 13.8 Å². The SMILES string of the molecule is CCNC(=NCCCn1c(C)nc2ccccc21)NCCNC(=O)c1cccc(C)c1. The highest BCUT2D eigenvalue weighted by molar-refractivity contribution is 5.94. The number of imidazole rings is 1. The van der Waals surface area contributed by atoms with Gasteiger partial charge in [0.05, 0.1) is 11.0 Å². The molecule has 1 amide bonds. The monoisotopic (exact) mass is 420 g/mol. The molecule has 3 N–H and O–H groups in total. The lowest BCUT2D eigenvalue weighted by Gasteiger charge is -2.12. The Balaban J connectivity index is 1.44. The van der Waals surface area contributed by atoms with Crippen molar-refractivity contribution in [1.29, 1.82) is 0 Å². The zero-order valence-electron chi connectivity index (χ0n) is 18.6. The van der Waals surface area contributed by atoms with Gasteiger partial charge >= 0.3 is 0 Å². The number of carbonyl (C=O) groups is 1. The van der Waals surface area contributed by atoms with E-state index in [2.05, 4.69) is 36.6 Å². The van der Waals surface area contributed by atoms with Crippen LogP contribution in [0.3, 0.4) is 0 Å². The number of hydrogen-bond donors (Lipinski definition) is 3. The van der Waals surface area contributed by atoms with Crippen LogP contribution < -0.4 is 16.0 Å². The Morgan fingerprint density at radius 2 is 1.84 bits per heavy atom. The molecule has 31 heavy (non-hydrogen) atoms. The molecule has 3 aromatic rings. The molecule has 7 heteroatoms. The highest BCUT2D eigenvalue weighted by Gasteiger charge is 2.07. The first kappa shape index (κ1) is 22.3. The molecule has 1 aromatic heterocycles. The van der Waals surface area contributed by atoms with Gasteiger partial charge in [-0.25, -0.2) is 4.98 Å². The van der Waals surface area contributed by atoms with E-state index in [-0.39, 0.29) is 5.91 Å². The molecule has 0 radical (unpaired) electrons. The van der Waals surface area contributed by atoms with Crippen molar-refractivity contribution in [2.24, 2.45) is 4.99 Å². The lowest BCUT2D eigenvalue weighted by Crippen LogP contribution is -2.41. The Hall–Kier alpha value is -3.35. The fourth-order valence-electron chi connectivity index (χ4n) is 3.48. The molecule has 0 bridgehead atoms. The van der Waals surface area contributed by atoms with Crippen molar-refractivity contribution >= 4 is 22.9 Å². The molecule has 1 heterocycles. The normalized spacial score (nSPS) is 11.5. The average molecular weight is 421 g/mol. The summed E-state index contributed by atoms with van der Waals surface area (Å²) in [5.41, 5.74) is 3.96. The summed E-state index contributed by atoms with van der Waals surface area (Å²) in [6.45, 7) is 9.56. The minimum atomic E-state index is -0.0598. The first-order valence-corrected chi connectivity index (χ1v) is 10.9. The number of aliphatic imine (C=N–C) groups is 1. The van der Waals surface area contributed by atoms with Crippen LogP contribution in [0.15, 0.2) is 53.5 Å². The maximum atomic E-state index is 12.2. The van der Waals surface area contributed by atoms with Gasteiger partial charge in [0.2, 0.25) is 0 Å². The molecular weight excluding hydrogens is 388 g/mol. The van der Waals surface area contributed by atoms with E-state index in [9.17, 15) is 4.79 Å². The number of aromatic nitrogens is 2. The lowest BCUT2D eigenvalue weighted by molar-refractivity contribution is 0.0954. The van der Waals surface area contributed by atoms with Crippen molar-refractivity contribution in [1.82, 2.24) is 25.5 Å². The highest BCUT2D eigenvalue weighted by atomic mass is 16.1. The van der Waals surface area contributed by atoms with Crippen molar-refractivity contribution in [2.45, 2.75) is 33.7 Å². The Kier molecular flexibility index (Phi) is 8.04. The smallest absolute Gasteiger partial charge is 0.251 e. The van der Waals surface area contributed by atoms with Gasteiger partial charge in [-0.05, 0) is 51.5 Å². The summed E-state index contributed by atoms with van der Waals surface area (Å²) in [4.78, 5) is 21.5. The summed E-state index contributed by atoms with van der Waals surface area (Å²) >= 11 is 0. The van der Waals surface area contributed by atoms with Crippen molar-refractivity contribution in [3.8, 4) is 0 Å². The predicted molar refractivity (Wildman–Crippen MR) is 127 cm³/mol. The number of aryl methyl sites for hydroxylation is 3. The molecule has 2 aromatic carbocycles. The number of rotatable bonds is 9.